The quantitative estimate of drug-likeness (QED) is 0.881. The minimum absolute atomic E-state index is 0.0448. The number of likely N-dealkylation sites (tertiary alicyclic amines) is 1. The molecule has 2 aromatic rings. The van der Waals surface area contributed by atoms with E-state index in [1.807, 2.05) is 30.2 Å². The van der Waals surface area contributed by atoms with Crippen molar-refractivity contribution in [3.8, 4) is 0 Å². The van der Waals surface area contributed by atoms with Crippen LogP contribution in [0.2, 0.25) is 0 Å². The SMILES string of the molecule is CCc1cc(C(=O)N2CCC(CN(C)Cc3cccnc3)C2)n[nH]1. The number of nitrogens with one attached hydrogen (secondary N) is 1. The summed E-state index contributed by atoms with van der Waals surface area (Å²) in [6, 6.07) is 5.93. The second-order valence-corrected chi connectivity index (χ2v) is 6.60. The molecule has 1 fully saturated rings. The molecular weight excluding hydrogens is 302 g/mol. The van der Waals surface area contributed by atoms with E-state index in [1.54, 1.807) is 6.20 Å². The maximum absolute atomic E-state index is 12.5. The van der Waals surface area contributed by atoms with Gasteiger partial charge in [-0.15, -0.1) is 0 Å². The first-order chi connectivity index (χ1) is 11.7. The van der Waals surface area contributed by atoms with Crippen molar-refractivity contribution in [2.75, 3.05) is 26.7 Å². The van der Waals surface area contributed by atoms with Gasteiger partial charge in [-0.25, -0.2) is 0 Å². The van der Waals surface area contributed by atoms with E-state index in [4.69, 9.17) is 0 Å². The second-order valence-electron chi connectivity index (χ2n) is 6.60. The Morgan fingerprint density at radius 2 is 2.38 bits per heavy atom. The van der Waals surface area contributed by atoms with E-state index < -0.39 is 0 Å². The van der Waals surface area contributed by atoms with Crippen LogP contribution < -0.4 is 0 Å². The molecule has 128 valence electrons. The summed E-state index contributed by atoms with van der Waals surface area (Å²) in [4.78, 5) is 20.9. The van der Waals surface area contributed by atoms with E-state index in [0.29, 0.717) is 11.6 Å². The number of carbonyl (C=O) groups is 1. The molecule has 1 aliphatic heterocycles. The Labute approximate surface area is 142 Å². The molecule has 0 spiro atoms. The summed E-state index contributed by atoms with van der Waals surface area (Å²) in [5.41, 5.74) is 2.76. The van der Waals surface area contributed by atoms with Crippen molar-refractivity contribution in [2.24, 2.45) is 5.92 Å². The molecule has 24 heavy (non-hydrogen) atoms. The van der Waals surface area contributed by atoms with Crippen molar-refractivity contribution < 1.29 is 4.79 Å². The fourth-order valence-electron chi connectivity index (χ4n) is 3.29. The lowest BCUT2D eigenvalue weighted by Gasteiger charge is -2.21. The van der Waals surface area contributed by atoms with E-state index in [0.717, 1.165) is 44.7 Å². The fraction of sp³-hybridized carbons (Fsp3) is 0.500. The van der Waals surface area contributed by atoms with Gasteiger partial charge in [0.1, 0.15) is 5.69 Å². The van der Waals surface area contributed by atoms with Gasteiger partial charge < -0.3 is 9.80 Å². The molecule has 6 heteroatoms. The number of aryl methyl sites for hydroxylation is 1. The van der Waals surface area contributed by atoms with Crippen molar-refractivity contribution in [3.63, 3.8) is 0 Å². The zero-order valence-corrected chi connectivity index (χ0v) is 14.4. The Hall–Kier alpha value is -2.21. The largest absolute Gasteiger partial charge is 0.337 e. The molecule has 3 heterocycles. The first kappa shape index (κ1) is 16.6. The van der Waals surface area contributed by atoms with Gasteiger partial charge in [0, 0.05) is 44.3 Å². The third kappa shape index (κ3) is 4.00. The van der Waals surface area contributed by atoms with Gasteiger partial charge in [-0.3, -0.25) is 14.9 Å². The van der Waals surface area contributed by atoms with Crippen LogP contribution >= 0.6 is 0 Å². The van der Waals surface area contributed by atoms with Crippen molar-refractivity contribution in [3.05, 3.63) is 47.5 Å². The average molecular weight is 327 g/mol. The van der Waals surface area contributed by atoms with Crippen LogP contribution in [0.15, 0.2) is 30.6 Å². The van der Waals surface area contributed by atoms with Gasteiger partial charge in [0.2, 0.25) is 0 Å². The highest BCUT2D eigenvalue weighted by Crippen LogP contribution is 2.20. The lowest BCUT2D eigenvalue weighted by atomic mass is 10.1. The van der Waals surface area contributed by atoms with Crippen LogP contribution in [0.3, 0.4) is 0 Å². The van der Waals surface area contributed by atoms with Crippen molar-refractivity contribution >= 4 is 5.91 Å². The van der Waals surface area contributed by atoms with Crippen molar-refractivity contribution in [1.82, 2.24) is 25.0 Å². The predicted octanol–water partition coefficient (Wildman–Crippen LogP) is 1.96. The summed E-state index contributed by atoms with van der Waals surface area (Å²) in [5, 5.41) is 7.06. The number of aromatic nitrogens is 3. The standard InChI is InChI=1S/C18H25N5O/c1-3-16-9-17(21-20-16)18(24)23-8-6-15(13-23)12-22(2)11-14-5-4-7-19-10-14/h4-5,7,9-10,15H,3,6,8,11-13H2,1-2H3,(H,20,21). The van der Waals surface area contributed by atoms with Gasteiger partial charge in [-0.1, -0.05) is 13.0 Å². The summed E-state index contributed by atoms with van der Waals surface area (Å²) in [5.74, 6) is 0.559. The molecule has 1 N–H and O–H groups in total. The third-order valence-electron chi connectivity index (χ3n) is 4.55. The normalized spacial score (nSPS) is 17.6. The summed E-state index contributed by atoms with van der Waals surface area (Å²) in [6.07, 6.45) is 5.61. The van der Waals surface area contributed by atoms with Gasteiger partial charge in [-0.05, 0) is 43.5 Å². The smallest absolute Gasteiger partial charge is 0.274 e. The van der Waals surface area contributed by atoms with Crippen molar-refractivity contribution in [2.45, 2.75) is 26.3 Å². The number of aromatic amines is 1. The maximum Gasteiger partial charge on any atom is 0.274 e. The molecule has 1 amide bonds. The maximum atomic E-state index is 12.5. The Morgan fingerprint density at radius 1 is 1.50 bits per heavy atom. The van der Waals surface area contributed by atoms with Crippen LogP contribution in [-0.4, -0.2) is 57.6 Å². The predicted molar refractivity (Wildman–Crippen MR) is 92.5 cm³/mol. The molecule has 1 saturated heterocycles. The highest BCUT2D eigenvalue weighted by molar-refractivity contribution is 5.92. The highest BCUT2D eigenvalue weighted by atomic mass is 16.2. The zero-order chi connectivity index (χ0) is 16.9. The average Bonchev–Trinajstić information content (AvgIpc) is 3.24. The zero-order valence-electron chi connectivity index (χ0n) is 14.4. The molecule has 1 unspecified atom stereocenters. The van der Waals surface area contributed by atoms with Gasteiger partial charge in [0.25, 0.3) is 5.91 Å². The lowest BCUT2D eigenvalue weighted by molar-refractivity contribution is 0.0778. The van der Waals surface area contributed by atoms with Crippen molar-refractivity contribution in [1.29, 1.82) is 0 Å². The number of nitrogens with zero attached hydrogens (tertiary/aromatic N) is 4. The van der Waals surface area contributed by atoms with E-state index >= 15 is 0 Å². The van der Waals surface area contributed by atoms with Crippen LogP contribution in [0.5, 0.6) is 0 Å². The molecular formula is C18H25N5O. The Balaban J connectivity index is 1.50. The molecule has 2 aromatic heterocycles. The molecule has 1 aliphatic rings. The monoisotopic (exact) mass is 327 g/mol. The molecule has 0 bridgehead atoms. The van der Waals surface area contributed by atoms with Crippen LogP contribution in [0.1, 0.15) is 35.1 Å². The molecule has 1 atom stereocenters. The molecule has 0 aliphatic carbocycles. The topological polar surface area (TPSA) is 65.1 Å². The van der Waals surface area contributed by atoms with E-state index in [2.05, 4.69) is 33.2 Å². The first-order valence-electron chi connectivity index (χ1n) is 8.56. The van der Waals surface area contributed by atoms with E-state index in [1.165, 1.54) is 5.56 Å². The molecule has 0 saturated carbocycles. The third-order valence-corrected chi connectivity index (χ3v) is 4.55. The number of H-pyrrole nitrogens is 1. The summed E-state index contributed by atoms with van der Waals surface area (Å²) in [6.45, 7) is 5.55. The van der Waals surface area contributed by atoms with Crippen LogP contribution in [0.25, 0.3) is 0 Å². The highest BCUT2D eigenvalue weighted by Gasteiger charge is 2.28. The summed E-state index contributed by atoms with van der Waals surface area (Å²) >= 11 is 0. The lowest BCUT2D eigenvalue weighted by Crippen LogP contribution is -2.31. The Kier molecular flexibility index (Phi) is 5.25. The van der Waals surface area contributed by atoms with E-state index in [-0.39, 0.29) is 5.91 Å². The van der Waals surface area contributed by atoms with Gasteiger partial charge in [-0.2, -0.15) is 5.10 Å². The molecule has 0 aromatic carbocycles. The number of amides is 1. The Bertz CT molecular complexity index is 669. The molecule has 0 radical (unpaired) electrons. The van der Waals surface area contributed by atoms with Crippen LogP contribution in [0, 0.1) is 5.92 Å². The van der Waals surface area contributed by atoms with Gasteiger partial charge >= 0.3 is 0 Å². The minimum Gasteiger partial charge on any atom is -0.337 e. The number of hydrogen-bond acceptors (Lipinski definition) is 4. The summed E-state index contributed by atoms with van der Waals surface area (Å²) < 4.78 is 0. The number of carbonyl (C=O) groups excluding carboxylic acids is 1. The number of hydrogen-bond donors (Lipinski definition) is 1. The molecule has 6 nitrogen and oxygen atoms in total. The fourth-order valence-corrected chi connectivity index (χ4v) is 3.29. The number of rotatable bonds is 6. The van der Waals surface area contributed by atoms with Gasteiger partial charge in [0.15, 0.2) is 0 Å². The van der Waals surface area contributed by atoms with Crippen LogP contribution in [-0.2, 0) is 13.0 Å². The second kappa shape index (κ2) is 7.57. The minimum atomic E-state index is 0.0448. The Morgan fingerprint density at radius 3 is 3.08 bits per heavy atom. The first-order valence-corrected chi connectivity index (χ1v) is 8.56. The molecule has 3 rings (SSSR count). The number of pyridine rings is 1. The van der Waals surface area contributed by atoms with Gasteiger partial charge in [0.05, 0.1) is 0 Å². The van der Waals surface area contributed by atoms with Crippen LogP contribution in [0.4, 0.5) is 0 Å². The summed E-state index contributed by atoms with van der Waals surface area (Å²) in [7, 11) is 2.12. The van der Waals surface area contributed by atoms with E-state index in [9.17, 15) is 4.79 Å².